The molecule has 0 saturated heterocycles. The Morgan fingerprint density at radius 1 is 1.63 bits per heavy atom. The SMILES string of the molecule is CCC(C/C(N)=N/O)NC(=O)c1ccc(F)cc1I. The summed E-state index contributed by atoms with van der Waals surface area (Å²) in [7, 11) is 0. The molecule has 1 aromatic carbocycles. The van der Waals surface area contributed by atoms with E-state index in [-0.39, 0.29) is 30.0 Å². The number of halogens is 2. The summed E-state index contributed by atoms with van der Waals surface area (Å²) in [5.41, 5.74) is 5.81. The number of nitrogens with one attached hydrogen (secondary N) is 1. The largest absolute Gasteiger partial charge is 0.409 e. The summed E-state index contributed by atoms with van der Waals surface area (Å²) in [4.78, 5) is 12.0. The van der Waals surface area contributed by atoms with Crippen molar-refractivity contribution in [3.05, 3.63) is 33.1 Å². The number of nitrogens with two attached hydrogens (primary N) is 1. The predicted molar refractivity (Wildman–Crippen MR) is 78.7 cm³/mol. The molecule has 0 aliphatic heterocycles. The van der Waals surface area contributed by atoms with Crippen LogP contribution in [0.25, 0.3) is 0 Å². The van der Waals surface area contributed by atoms with Crippen molar-refractivity contribution < 1.29 is 14.4 Å². The Balaban J connectivity index is 2.77. The van der Waals surface area contributed by atoms with Gasteiger partial charge in [-0.05, 0) is 47.2 Å². The highest BCUT2D eigenvalue weighted by atomic mass is 127. The number of rotatable bonds is 5. The second kappa shape index (κ2) is 7.27. The molecular weight excluding hydrogens is 364 g/mol. The smallest absolute Gasteiger partial charge is 0.252 e. The molecule has 0 saturated carbocycles. The summed E-state index contributed by atoms with van der Waals surface area (Å²) in [6.07, 6.45) is 0.899. The van der Waals surface area contributed by atoms with Crippen LogP contribution < -0.4 is 11.1 Å². The minimum absolute atomic E-state index is 0.0564. The van der Waals surface area contributed by atoms with Crippen LogP contribution in [0, 0.1) is 9.39 Å². The van der Waals surface area contributed by atoms with Crippen LogP contribution in [0.5, 0.6) is 0 Å². The van der Waals surface area contributed by atoms with Crippen molar-refractivity contribution in [2.24, 2.45) is 10.9 Å². The van der Waals surface area contributed by atoms with Crippen LogP contribution in [0.3, 0.4) is 0 Å². The van der Waals surface area contributed by atoms with E-state index in [0.717, 1.165) is 0 Å². The topological polar surface area (TPSA) is 87.7 Å². The fourth-order valence-electron chi connectivity index (χ4n) is 1.53. The number of hydrogen-bond donors (Lipinski definition) is 3. The van der Waals surface area contributed by atoms with Gasteiger partial charge in [-0.1, -0.05) is 12.1 Å². The molecule has 19 heavy (non-hydrogen) atoms. The fourth-order valence-corrected chi connectivity index (χ4v) is 2.25. The quantitative estimate of drug-likeness (QED) is 0.241. The van der Waals surface area contributed by atoms with Crippen molar-refractivity contribution in [3.8, 4) is 0 Å². The number of carbonyl (C=O) groups excluding carboxylic acids is 1. The molecule has 0 radical (unpaired) electrons. The first-order valence-electron chi connectivity index (χ1n) is 5.70. The number of benzene rings is 1. The fraction of sp³-hybridized carbons (Fsp3) is 0.333. The molecular formula is C12H15FIN3O2. The van der Waals surface area contributed by atoms with Crippen LogP contribution in [0.2, 0.25) is 0 Å². The Morgan fingerprint density at radius 2 is 2.32 bits per heavy atom. The van der Waals surface area contributed by atoms with E-state index in [1.54, 1.807) is 0 Å². The van der Waals surface area contributed by atoms with Gasteiger partial charge in [-0.15, -0.1) is 0 Å². The highest BCUT2D eigenvalue weighted by Crippen LogP contribution is 2.14. The lowest BCUT2D eigenvalue weighted by molar-refractivity contribution is 0.0936. The lowest BCUT2D eigenvalue weighted by Crippen LogP contribution is -2.37. The molecule has 4 N–H and O–H groups in total. The van der Waals surface area contributed by atoms with Gasteiger partial charge in [0, 0.05) is 16.0 Å². The third-order valence-corrected chi connectivity index (χ3v) is 3.48. The van der Waals surface area contributed by atoms with E-state index in [9.17, 15) is 9.18 Å². The van der Waals surface area contributed by atoms with Crippen molar-refractivity contribution >= 4 is 34.3 Å². The molecule has 104 valence electrons. The summed E-state index contributed by atoms with van der Waals surface area (Å²) in [5, 5.41) is 14.2. The Hall–Kier alpha value is -1.38. The van der Waals surface area contributed by atoms with Crippen molar-refractivity contribution in [2.45, 2.75) is 25.8 Å². The van der Waals surface area contributed by atoms with Crippen molar-refractivity contribution in [1.82, 2.24) is 5.32 Å². The average molecular weight is 379 g/mol. The zero-order chi connectivity index (χ0) is 14.4. The Kier molecular flexibility index (Phi) is 6.00. The summed E-state index contributed by atoms with van der Waals surface area (Å²) in [5.74, 6) is -0.632. The van der Waals surface area contributed by atoms with Crippen molar-refractivity contribution in [3.63, 3.8) is 0 Å². The molecule has 1 rings (SSSR count). The van der Waals surface area contributed by atoms with Crippen LogP contribution in [-0.2, 0) is 0 Å². The molecule has 5 nitrogen and oxygen atoms in total. The lowest BCUT2D eigenvalue weighted by Gasteiger charge is -2.16. The van der Waals surface area contributed by atoms with Gasteiger partial charge in [0.1, 0.15) is 11.7 Å². The highest BCUT2D eigenvalue weighted by molar-refractivity contribution is 14.1. The molecule has 7 heteroatoms. The summed E-state index contributed by atoms with van der Waals surface area (Å²) >= 11 is 1.90. The second-order valence-electron chi connectivity index (χ2n) is 4.00. The number of oxime groups is 1. The zero-order valence-electron chi connectivity index (χ0n) is 10.4. The summed E-state index contributed by atoms with van der Waals surface area (Å²) < 4.78 is 13.5. The Labute approximate surface area is 124 Å². The lowest BCUT2D eigenvalue weighted by atomic mass is 10.1. The molecule has 1 aromatic rings. The molecule has 0 aliphatic carbocycles. The number of amides is 1. The van der Waals surface area contributed by atoms with Crippen LogP contribution in [0.15, 0.2) is 23.4 Å². The molecule has 0 spiro atoms. The highest BCUT2D eigenvalue weighted by Gasteiger charge is 2.16. The molecule has 1 atom stereocenters. The molecule has 0 aromatic heterocycles. The first-order valence-corrected chi connectivity index (χ1v) is 6.78. The van der Waals surface area contributed by atoms with E-state index in [1.807, 2.05) is 29.5 Å². The van der Waals surface area contributed by atoms with E-state index >= 15 is 0 Å². The van der Waals surface area contributed by atoms with E-state index in [1.165, 1.54) is 18.2 Å². The van der Waals surface area contributed by atoms with E-state index in [0.29, 0.717) is 15.6 Å². The van der Waals surface area contributed by atoms with Gasteiger partial charge in [-0.3, -0.25) is 4.79 Å². The molecule has 0 bridgehead atoms. The molecule has 1 amide bonds. The molecule has 1 unspecified atom stereocenters. The van der Waals surface area contributed by atoms with Crippen LogP contribution >= 0.6 is 22.6 Å². The average Bonchev–Trinajstić information content (AvgIpc) is 2.37. The maximum absolute atomic E-state index is 13.0. The van der Waals surface area contributed by atoms with Gasteiger partial charge >= 0.3 is 0 Å². The number of carbonyl (C=O) groups is 1. The Bertz CT molecular complexity index is 494. The number of hydrogen-bond acceptors (Lipinski definition) is 3. The van der Waals surface area contributed by atoms with Crippen molar-refractivity contribution in [2.75, 3.05) is 0 Å². The number of amidine groups is 1. The molecule has 0 heterocycles. The zero-order valence-corrected chi connectivity index (χ0v) is 12.5. The predicted octanol–water partition coefficient (Wildman–Crippen LogP) is 2.08. The van der Waals surface area contributed by atoms with Gasteiger partial charge < -0.3 is 16.3 Å². The minimum Gasteiger partial charge on any atom is -0.409 e. The van der Waals surface area contributed by atoms with E-state index < -0.39 is 0 Å². The molecule has 0 fully saturated rings. The van der Waals surface area contributed by atoms with Gasteiger partial charge in [0.05, 0.1) is 5.56 Å². The maximum Gasteiger partial charge on any atom is 0.252 e. The standard InChI is InChI=1S/C12H15FIN3O2/c1-2-8(6-11(15)17-19)16-12(18)9-4-3-7(13)5-10(9)14/h3-5,8,19H,2,6H2,1H3,(H2,15,17)(H,16,18). The minimum atomic E-state index is -0.385. The monoisotopic (exact) mass is 379 g/mol. The van der Waals surface area contributed by atoms with Gasteiger partial charge in [0.25, 0.3) is 5.91 Å². The second-order valence-corrected chi connectivity index (χ2v) is 5.16. The van der Waals surface area contributed by atoms with Gasteiger partial charge in [0.2, 0.25) is 0 Å². The third-order valence-electron chi connectivity index (χ3n) is 2.59. The van der Waals surface area contributed by atoms with Crippen molar-refractivity contribution in [1.29, 1.82) is 0 Å². The first-order chi connectivity index (χ1) is 8.97. The normalized spacial score (nSPS) is 13.1. The summed E-state index contributed by atoms with van der Waals surface area (Å²) in [6, 6.07) is 3.73. The summed E-state index contributed by atoms with van der Waals surface area (Å²) in [6.45, 7) is 1.88. The first kappa shape index (κ1) is 15.7. The Morgan fingerprint density at radius 3 is 2.84 bits per heavy atom. The van der Waals surface area contributed by atoms with Crippen LogP contribution in [-0.4, -0.2) is 23.0 Å². The number of nitrogens with zero attached hydrogens (tertiary/aromatic N) is 1. The third kappa shape index (κ3) is 4.66. The maximum atomic E-state index is 13.0. The van der Waals surface area contributed by atoms with Gasteiger partial charge in [0.15, 0.2) is 0 Å². The van der Waals surface area contributed by atoms with E-state index in [2.05, 4.69) is 10.5 Å². The molecule has 0 aliphatic rings. The van der Waals surface area contributed by atoms with Crippen LogP contribution in [0.4, 0.5) is 4.39 Å². The van der Waals surface area contributed by atoms with Gasteiger partial charge in [-0.25, -0.2) is 4.39 Å². The van der Waals surface area contributed by atoms with E-state index in [4.69, 9.17) is 10.9 Å². The van der Waals surface area contributed by atoms with Gasteiger partial charge in [-0.2, -0.15) is 0 Å². The van der Waals surface area contributed by atoms with Crippen LogP contribution in [0.1, 0.15) is 30.1 Å².